The second kappa shape index (κ2) is 6.40. The number of fused-ring (bicyclic) bond motifs is 1. The van der Waals surface area contributed by atoms with Crippen LogP contribution in [0, 0.1) is 5.41 Å². The lowest BCUT2D eigenvalue weighted by molar-refractivity contribution is 0.0821. The first-order valence-corrected chi connectivity index (χ1v) is 8.87. The van der Waals surface area contributed by atoms with Crippen molar-refractivity contribution in [3.63, 3.8) is 0 Å². The summed E-state index contributed by atoms with van der Waals surface area (Å²) in [5.41, 5.74) is -0.887. The van der Waals surface area contributed by atoms with Crippen molar-refractivity contribution in [2.75, 3.05) is 14.1 Å². The third-order valence-corrected chi connectivity index (χ3v) is 4.25. The van der Waals surface area contributed by atoms with E-state index in [2.05, 4.69) is 10.4 Å². The average Bonchev–Trinajstić information content (AvgIpc) is 3.24. The van der Waals surface area contributed by atoms with E-state index in [1.165, 1.54) is 15.5 Å². The third-order valence-electron chi connectivity index (χ3n) is 4.25. The summed E-state index contributed by atoms with van der Waals surface area (Å²) in [5, 5.41) is 17.5. The molecule has 0 radical (unpaired) electrons. The van der Waals surface area contributed by atoms with Crippen LogP contribution < -0.4 is 10.9 Å². The fourth-order valence-electron chi connectivity index (χ4n) is 2.80. The molecule has 2 amide bonds. The van der Waals surface area contributed by atoms with Crippen LogP contribution in [0.25, 0.3) is 5.65 Å². The summed E-state index contributed by atoms with van der Waals surface area (Å²) in [6, 6.07) is 1.49. The zero-order chi connectivity index (χ0) is 20.1. The van der Waals surface area contributed by atoms with Gasteiger partial charge in [-0.05, 0) is 18.3 Å². The van der Waals surface area contributed by atoms with E-state index < -0.39 is 17.3 Å². The highest BCUT2D eigenvalue weighted by molar-refractivity contribution is 5.97. The number of hydrogen-bond donors (Lipinski definition) is 2. The molecule has 0 bridgehead atoms. The van der Waals surface area contributed by atoms with Crippen LogP contribution in [0.3, 0.4) is 0 Å². The Morgan fingerprint density at radius 3 is 2.48 bits per heavy atom. The van der Waals surface area contributed by atoms with Crippen LogP contribution in [0.5, 0.6) is 5.88 Å². The van der Waals surface area contributed by atoms with Gasteiger partial charge in [-0.1, -0.05) is 20.8 Å². The van der Waals surface area contributed by atoms with Gasteiger partial charge in [0, 0.05) is 32.7 Å². The van der Waals surface area contributed by atoms with Crippen molar-refractivity contribution in [2.24, 2.45) is 5.41 Å². The second-order valence-corrected chi connectivity index (χ2v) is 8.40. The zero-order valence-electron chi connectivity index (χ0n) is 16.2. The SMILES string of the molecule is CN(C)C(=O)c1cc2n(CC(C)(C)C)c(=O)c(C(=O)NC3CC3)c(O)n2n1. The van der Waals surface area contributed by atoms with Crippen molar-refractivity contribution in [1.82, 2.24) is 24.4 Å². The normalized spacial score (nSPS) is 14.4. The van der Waals surface area contributed by atoms with Crippen LogP contribution in [-0.2, 0) is 6.54 Å². The Labute approximate surface area is 156 Å². The Kier molecular flexibility index (Phi) is 4.49. The third kappa shape index (κ3) is 3.67. The lowest BCUT2D eigenvalue weighted by atomic mass is 9.97. The number of amides is 2. The molecule has 3 rings (SSSR count). The van der Waals surface area contributed by atoms with E-state index in [-0.39, 0.29) is 34.3 Å². The van der Waals surface area contributed by atoms with E-state index in [0.29, 0.717) is 6.54 Å². The predicted octanol–water partition coefficient (Wildman–Crippen LogP) is 0.842. The minimum atomic E-state index is -0.624. The number of aromatic hydroxyl groups is 1. The van der Waals surface area contributed by atoms with Crippen LogP contribution in [0.4, 0.5) is 0 Å². The number of carbonyl (C=O) groups is 2. The zero-order valence-corrected chi connectivity index (χ0v) is 16.2. The summed E-state index contributed by atoms with van der Waals surface area (Å²) in [4.78, 5) is 39.2. The average molecular weight is 375 g/mol. The molecule has 146 valence electrons. The van der Waals surface area contributed by atoms with Gasteiger partial charge in [0.15, 0.2) is 11.3 Å². The smallest absolute Gasteiger partial charge is 0.273 e. The Bertz CT molecular complexity index is 976. The van der Waals surface area contributed by atoms with Crippen molar-refractivity contribution in [3.8, 4) is 5.88 Å². The van der Waals surface area contributed by atoms with Gasteiger partial charge < -0.3 is 15.3 Å². The van der Waals surface area contributed by atoms with Crippen LogP contribution in [0.1, 0.15) is 54.5 Å². The molecule has 2 aromatic rings. The first kappa shape index (κ1) is 18.9. The Hall–Kier alpha value is -2.84. The van der Waals surface area contributed by atoms with Crippen molar-refractivity contribution in [2.45, 2.75) is 46.2 Å². The lowest BCUT2D eigenvalue weighted by Crippen LogP contribution is -2.37. The highest BCUT2D eigenvalue weighted by Crippen LogP contribution is 2.24. The van der Waals surface area contributed by atoms with Gasteiger partial charge >= 0.3 is 0 Å². The fraction of sp³-hybridized carbons (Fsp3) is 0.556. The molecule has 2 N–H and O–H groups in total. The van der Waals surface area contributed by atoms with Crippen molar-refractivity contribution in [1.29, 1.82) is 0 Å². The van der Waals surface area contributed by atoms with Crippen LogP contribution in [-0.4, -0.2) is 56.1 Å². The Morgan fingerprint density at radius 2 is 1.96 bits per heavy atom. The molecular formula is C18H25N5O4. The summed E-state index contributed by atoms with van der Waals surface area (Å²) in [7, 11) is 3.17. The van der Waals surface area contributed by atoms with Gasteiger partial charge in [-0.2, -0.15) is 9.61 Å². The highest BCUT2D eigenvalue weighted by atomic mass is 16.3. The number of rotatable bonds is 4. The first-order valence-electron chi connectivity index (χ1n) is 8.87. The molecule has 9 heteroatoms. The number of aromatic nitrogens is 3. The monoisotopic (exact) mass is 375 g/mol. The van der Waals surface area contributed by atoms with Gasteiger partial charge in [-0.3, -0.25) is 19.0 Å². The molecule has 0 atom stereocenters. The highest BCUT2D eigenvalue weighted by Gasteiger charge is 2.30. The van der Waals surface area contributed by atoms with E-state index in [0.717, 1.165) is 17.4 Å². The number of nitrogens with zero attached hydrogens (tertiary/aromatic N) is 4. The topological polar surface area (TPSA) is 109 Å². The molecule has 0 aliphatic heterocycles. The van der Waals surface area contributed by atoms with E-state index in [1.54, 1.807) is 14.1 Å². The van der Waals surface area contributed by atoms with Crippen molar-refractivity contribution < 1.29 is 14.7 Å². The number of nitrogens with one attached hydrogen (secondary N) is 1. The molecule has 0 saturated heterocycles. The van der Waals surface area contributed by atoms with Gasteiger partial charge in [0.25, 0.3) is 17.4 Å². The van der Waals surface area contributed by atoms with E-state index in [9.17, 15) is 19.5 Å². The molecule has 1 aliphatic rings. The predicted molar refractivity (Wildman–Crippen MR) is 99.1 cm³/mol. The van der Waals surface area contributed by atoms with Gasteiger partial charge in [0.1, 0.15) is 5.65 Å². The van der Waals surface area contributed by atoms with E-state index in [4.69, 9.17) is 0 Å². The summed E-state index contributed by atoms with van der Waals surface area (Å²) in [6.07, 6.45) is 1.71. The van der Waals surface area contributed by atoms with Crippen LogP contribution in [0.2, 0.25) is 0 Å². The quantitative estimate of drug-likeness (QED) is 0.823. The molecule has 27 heavy (non-hydrogen) atoms. The molecule has 1 fully saturated rings. The summed E-state index contributed by atoms with van der Waals surface area (Å²) in [5.74, 6) is -1.55. The summed E-state index contributed by atoms with van der Waals surface area (Å²) in [6.45, 7) is 6.15. The van der Waals surface area contributed by atoms with Crippen LogP contribution >= 0.6 is 0 Å². The van der Waals surface area contributed by atoms with Gasteiger partial charge in [0.2, 0.25) is 5.88 Å². The number of hydrogen-bond acceptors (Lipinski definition) is 5. The first-order chi connectivity index (χ1) is 12.5. The molecule has 2 heterocycles. The lowest BCUT2D eigenvalue weighted by Gasteiger charge is -2.21. The molecule has 1 aliphatic carbocycles. The maximum Gasteiger partial charge on any atom is 0.273 e. The van der Waals surface area contributed by atoms with Gasteiger partial charge in [0.05, 0.1) is 0 Å². The van der Waals surface area contributed by atoms with E-state index >= 15 is 0 Å². The van der Waals surface area contributed by atoms with E-state index in [1.807, 2.05) is 20.8 Å². The minimum absolute atomic E-state index is 0.0339. The maximum absolute atomic E-state index is 13.0. The molecule has 0 unspecified atom stereocenters. The molecule has 9 nitrogen and oxygen atoms in total. The van der Waals surface area contributed by atoms with Crippen molar-refractivity contribution >= 4 is 17.5 Å². The van der Waals surface area contributed by atoms with Gasteiger partial charge in [-0.15, -0.1) is 0 Å². The largest absolute Gasteiger partial charge is 0.492 e. The minimum Gasteiger partial charge on any atom is -0.492 e. The molecule has 0 spiro atoms. The van der Waals surface area contributed by atoms with Crippen molar-refractivity contribution in [3.05, 3.63) is 27.7 Å². The number of carbonyl (C=O) groups excluding carboxylic acids is 2. The maximum atomic E-state index is 13.0. The molecule has 1 saturated carbocycles. The summed E-state index contributed by atoms with van der Waals surface area (Å²) < 4.78 is 2.48. The Balaban J connectivity index is 2.25. The molecule has 2 aromatic heterocycles. The molecular weight excluding hydrogens is 350 g/mol. The summed E-state index contributed by atoms with van der Waals surface area (Å²) >= 11 is 0. The van der Waals surface area contributed by atoms with Gasteiger partial charge in [-0.25, -0.2) is 0 Å². The Morgan fingerprint density at radius 1 is 1.33 bits per heavy atom. The second-order valence-electron chi connectivity index (χ2n) is 8.40. The standard InChI is InChI=1S/C18H25N5O4/c1-18(2,3)9-22-12-8-11(15(25)21(4)5)20-23(12)17(27)13(16(22)26)14(24)19-10-6-7-10/h8,10,27H,6-7,9H2,1-5H3,(H,19,24). The fourth-order valence-corrected chi connectivity index (χ4v) is 2.80. The molecule has 0 aromatic carbocycles. The van der Waals surface area contributed by atoms with Crippen LogP contribution in [0.15, 0.2) is 10.9 Å².